The van der Waals surface area contributed by atoms with Gasteiger partial charge in [-0.1, -0.05) is 0 Å². The van der Waals surface area contributed by atoms with Crippen LogP contribution in [0, 0.1) is 5.82 Å². The molecule has 0 saturated heterocycles. The molecule has 0 unspecified atom stereocenters. The van der Waals surface area contributed by atoms with Crippen molar-refractivity contribution >= 4 is 11.7 Å². The van der Waals surface area contributed by atoms with Crippen LogP contribution in [0.5, 0.6) is 0 Å². The largest absolute Gasteiger partial charge is 0.395 e. The van der Waals surface area contributed by atoms with Gasteiger partial charge in [0.25, 0.3) is 5.91 Å². The topological polar surface area (TPSA) is 65.5 Å². The number of nitrogens with zero attached hydrogens (tertiary/aromatic N) is 2. The summed E-state index contributed by atoms with van der Waals surface area (Å²) in [6, 6.07) is 1.34. The van der Waals surface area contributed by atoms with Gasteiger partial charge in [-0.15, -0.1) is 0 Å². The lowest BCUT2D eigenvalue weighted by molar-refractivity contribution is 0.0707. The van der Waals surface area contributed by atoms with Gasteiger partial charge in [0.15, 0.2) is 0 Å². The summed E-state index contributed by atoms with van der Waals surface area (Å²) in [7, 11) is 1.63. The van der Waals surface area contributed by atoms with E-state index in [-0.39, 0.29) is 30.7 Å². The molecule has 98 valence electrons. The molecule has 0 aliphatic heterocycles. The number of carbonyl (C=O) groups is 1. The highest BCUT2D eigenvalue weighted by molar-refractivity contribution is 5.99. The van der Waals surface area contributed by atoms with E-state index < -0.39 is 5.82 Å². The highest BCUT2D eigenvalue weighted by Gasteiger charge is 2.33. The van der Waals surface area contributed by atoms with E-state index in [9.17, 15) is 9.18 Å². The third-order valence-corrected chi connectivity index (χ3v) is 2.91. The highest BCUT2D eigenvalue weighted by atomic mass is 19.1. The molecule has 2 N–H and O–H groups in total. The quantitative estimate of drug-likeness (QED) is 0.817. The fraction of sp³-hybridized carbons (Fsp3) is 0.500. The molecule has 1 aliphatic rings. The number of rotatable bonds is 5. The number of carbonyl (C=O) groups excluding carboxylic acids is 1. The molecule has 18 heavy (non-hydrogen) atoms. The van der Waals surface area contributed by atoms with Crippen molar-refractivity contribution in [3.63, 3.8) is 0 Å². The average molecular weight is 253 g/mol. The standard InChI is InChI=1S/C12H16FN3O2/c1-14-11-10(6-8(13)7-15-11)12(18)16(4-5-17)9-2-3-9/h6-7,9,17H,2-5H2,1H3,(H,14,15). The second-order valence-corrected chi connectivity index (χ2v) is 4.25. The second kappa shape index (κ2) is 5.30. The first-order chi connectivity index (χ1) is 8.67. The molecule has 1 amide bonds. The smallest absolute Gasteiger partial charge is 0.258 e. The van der Waals surface area contributed by atoms with E-state index in [0.717, 1.165) is 19.0 Å². The van der Waals surface area contributed by atoms with Crippen LogP contribution in [0.3, 0.4) is 0 Å². The summed E-state index contributed by atoms with van der Waals surface area (Å²) < 4.78 is 13.2. The molecular weight excluding hydrogens is 237 g/mol. The van der Waals surface area contributed by atoms with Crippen LogP contribution in [-0.2, 0) is 0 Å². The first-order valence-corrected chi connectivity index (χ1v) is 5.92. The highest BCUT2D eigenvalue weighted by Crippen LogP contribution is 2.29. The minimum absolute atomic E-state index is 0.0974. The molecule has 0 radical (unpaired) electrons. The Morgan fingerprint density at radius 1 is 1.67 bits per heavy atom. The van der Waals surface area contributed by atoms with E-state index >= 15 is 0 Å². The number of pyridine rings is 1. The summed E-state index contributed by atoms with van der Waals surface area (Å²) in [5, 5.41) is 11.8. The van der Waals surface area contributed by atoms with Crippen molar-refractivity contribution in [2.45, 2.75) is 18.9 Å². The molecule has 1 aliphatic carbocycles. The molecule has 6 heteroatoms. The van der Waals surface area contributed by atoms with Gasteiger partial charge in [-0.2, -0.15) is 0 Å². The average Bonchev–Trinajstić information content (AvgIpc) is 3.19. The molecule has 0 bridgehead atoms. The number of anilines is 1. The first-order valence-electron chi connectivity index (χ1n) is 5.92. The van der Waals surface area contributed by atoms with Crippen LogP contribution in [0.2, 0.25) is 0 Å². The summed E-state index contributed by atoms with van der Waals surface area (Å²) in [6.45, 7) is 0.170. The Hall–Kier alpha value is -1.69. The molecule has 1 aromatic heterocycles. The number of halogens is 1. The lowest BCUT2D eigenvalue weighted by Gasteiger charge is -2.22. The predicted molar refractivity (Wildman–Crippen MR) is 64.9 cm³/mol. The van der Waals surface area contributed by atoms with E-state index in [2.05, 4.69) is 10.3 Å². The number of hydrogen-bond donors (Lipinski definition) is 2. The van der Waals surface area contributed by atoms with Crippen molar-refractivity contribution in [2.24, 2.45) is 0 Å². The maximum atomic E-state index is 13.2. The minimum atomic E-state index is -0.544. The monoisotopic (exact) mass is 253 g/mol. The molecule has 0 spiro atoms. The normalized spacial score (nSPS) is 14.4. The van der Waals surface area contributed by atoms with E-state index in [1.165, 1.54) is 6.07 Å². The number of aromatic nitrogens is 1. The third-order valence-electron chi connectivity index (χ3n) is 2.91. The van der Waals surface area contributed by atoms with Gasteiger partial charge < -0.3 is 15.3 Å². The van der Waals surface area contributed by atoms with Crippen molar-refractivity contribution in [3.05, 3.63) is 23.6 Å². The van der Waals surface area contributed by atoms with Gasteiger partial charge in [-0.05, 0) is 18.9 Å². The van der Waals surface area contributed by atoms with Crippen molar-refractivity contribution in [1.82, 2.24) is 9.88 Å². The van der Waals surface area contributed by atoms with Crippen LogP contribution in [0.15, 0.2) is 12.3 Å². The third kappa shape index (κ3) is 2.59. The van der Waals surface area contributed by atoms with Gasteiger partial charge in [-0.3, -0.25) is 4.79 Å². The first kappa shape index (κ1) is 12.8. The Labute approximate surface area is 105 Å². The summed E-state index contributed by atoms with van der Waals surface area (Å²) >= 11 is 0. The number of nitrogens with one attached hydrogen (secondary N) is 1. The lowest BCUT2D eigenvalue weighted by Crippen LogP contribution is -2.36. The molecule has 0 atom stereocenters. The zero-order valence-corrected chi connectivity index (χ0v) is 10.2. The Morgan fingerprint density at radius 3 is 2.94 bits per heavy atom. The molecule has 0 aromatic carbocycles. The number of amides is 1. The summed E-state index contributed by atoms with van der Waals surface area (Å²) in [5.41, 5.74) is 0.206. The Morgan fingerprint density at radius 2 is 2.39 bits per heavy atom. The fourth-order valence-electron chi connectivity index (χ4n) is 1.90. The van der Waals surface area contributed by atoms with Crippen molar-refractivity contribution in [3.8, 4) is 0 Å². The molecule has 5 nitrogen and oxygen atoms in total. The van der Waals surface area contributed by atoms with Crippen molar-refractivity contribution < 1.29 is 14.3 Å². The van der Waals surface area contributed by atoms with Crippen LogP contribution in [0.4, 0.5) is 10.2 Å². The zero-order valence-electron chi connectivity index (χ0n) is 10.2. The molecule has 1 aromatic rings. The summed E-state index contributed by atoms with van der Waals surface area (Å²) in [5.74, 6) is -0.481. The number of hydrogen-bond acceptors (Lipinski definition) is 4. The molecule has 1 heterocycles. The molecule has 2 rings (SSSR count). The van der Waals surface area contributed by atoms with Crippen molar-refractivity contribution in [1.29, 1.82) is 0 Å². The fourth-order valence-corrected chi connectivity index (χ4v) is 1.90. The minimum Gasteiger partial charge on any atom is -0.395 e. The van der Waals surface area contributed by atoms with E-state index in [1.54, 1.807) is 11.9 Å². The van der Waals surface area contributed by atoms with Crippen LogP contribution in [0.1, 0.15) is 23.2 Å². The Kier molecular flexibility index (Phi) is 3.76. The van der Waals surface area contributed by atoms with Gasteiger partial charge in [0, 0.05) is 19.6 Å². The zero-order chi connectivity index (χ0) is 13.1. The van der Waals surface area contributed by atoms with Crippen LogP contribution < -0.4 is 5.32 Å². The maximum Gasteiger partial charge on any atom is 0.258 e. The van der Waals surface area contributed by atoms with Gasteiger partial charge in [-0.25, -0.2) is 9.37 Å². The van der Waals surface area contributed by atoms with Gasteiger partial charge >= 0.3 is 0 Å². The molecule has 1 saturated carbocycles. The second-order valence-electron chi connectivity index (χ2n) is 4.25. The van der Waals surface area contributed by atoms with E-state index in [1.807, 2.05) is 0 Å². The van der Waals surface area contributed by atoms with Crippen LogP contribution in [-0.4, -0.2) is 47.1 Å². The van der Waals surface area contributed by atoms with Crippen LogP contribution in [0.25, 0.3) is 0 Å². The summed E-state index contributed by atoms with van der Waals surface area (Å²) in [6.07, 6.45) is 2.93. The van der Waals surface area contributed by atoms with Crippen molar-refractivity contribution in [2.75, 3.05) is 25.5 Å². The Bertz CT molecular complexity index is 449. The van der Waals surface area contributed by atoms with Gasteiger partial charge in [0.1, 0.15) is 11.6 Å². The molecular formula is C12H16FN3O2. The Balaban J connectivity index is 2.28. The van der Waals surface area contributed by atoms with Gasteiger partial charge in [0.05, 0.1) is 18.4 Å². The van der Waals surface area contributed by atoms with E-state index in [0.29, 0.717) is 5.82 Å². The number of aliphatic hydroxyl groups excluding tert-OH is 1. The van der Waals surface area contributed by atoms with Crippen LogP contribution >= 0.6 is 0 Å². The maximum absolute atomic E-state index is 13.2. The lowest BCUT2D eigenvalue weighted by atomic mass is 10.2. The number of aliphatic hydroxyl groups is 1. The van der Waals surface area contributed by atoms with Gasteiger partial charge in [0.2, 0.25) is 0 Å². The van der Waals surface area contributed by atoms with E-state index in [4.69, 9.17) is 5.11 Å². The summed E-state index contributed by atoms with van der Waals surface area (Å²) in [4.78, 5) is 17.7. The molecule has 1 fully saturated rings. The predicted octanol–water partition coefficient (Wildman–Crippen LogP) is 0.859. The SMILES string of the molecule is CNc1ncc(F)cc1C(=O)N(CCO)C1CC1.